The zero-order chi connectivity index (χ0) is 39.2. The number of fused-ring (bicyclic) bond motifs is 3. The zero-order valence-electron chi connectivity index (χ0n) is 35.4. The first-order chi connectivity index (χ1) is 26.9. The molecule has 2 aliphatic carbocycles. The van der Waals surface area contributed by atoms with Gasteiger partial charge in [0, 0.05) is 0 Å². The number of benzene rings is 6. The minimum absolute atomic E-state index is 0. The van der Waals surface area contributed by atoms with Crippen molar-refractivity contribution < 1.29 is 46.1 Å². The Morgan fingerprint density at radius 1 is 0.517 bits per heavy atom. The van der Waals surface area contributed by atoms with Gasteiger partial charge in [-0.05, 0) is 0 Å². The van der Waals surface area contributed by atoms with Crippen molar-refractivity contribution in [1.29, 1.82) is 0 Å². The van der Waals surface area contributed by atoms with Gasteiger partial charge in [0.2, 0.25) is 0 Å². The normalized spacial score (nSPS) is 13.1. The Labute approximate surface area is 370 Å². The van der Waals surface area contributed by atoms with Crippen LogP contribution in [0.3, 0.4) is 0 Å². The van der Waals surface area contributed by atoms with Gasteiger partial charge in [0.25, 0.3) is 0 Å². The maximum absolute atomic E-state index is 2.78. The van der Waals surface area contributed by atoms with E-state index in [4.69, 9.17) is 0 Å². The molecule has 6 aromatic rings. The smallest absolute Gasteiger partial charge is 1.00 e. The third-order valence-corrected chi connectivity index (χ3v) is 24.4. The maximum atomic E-state index is 2.73. The Bertz CT molecular complexity index is 2380. The number of hydrogen-bond donors (Lipinski definition) is 0. The van der Waals surface area contributed by atoms with Crippen LogP contribution in [0.25, 0.3) is 33.4 Å². The predicted molar refractivity (Wildman–Crippen MR) is 247 cm³/mol. The van der Waals surface area contributed by atoms with Crippen LogP contribution in [0, 0.1) is 13.8 Å². The van der Waals surface area contributed by atoms with Crippen molar-refractivity contribution in [3.8, 4) is 33.4 Å². The fourth-order valence-electron chi connectivity index (χ4n) is 9.29. The Kier molecular flexibility index (Phi) is 13.7. The average molecular weight is 911 g/mol. The van der Waals surface area contributed by atoms with E-state index in [9.17, 15) is 0 Å². The van der Waals surface area contributed by atoms with Gasteiger partial charge in [-0.2, -0.15) is 0 Å². The van der Waals surface area contributed by atoms with E-state index in [1.807, 2.05) is 0 Å². The molecule has 0 saturated heterocycles. The third-order valence-electron chi connectivity index (χ3n) is 12.1. The predicted octanol–water partition coefficient (Wildman–Crippen LogP) is 6.93. The van der Waals surface area contributed by atoms with Gasteiger partial charge in [0.1, 0.15) is 0 Å². The molecule has 0 aromatic heterocycles. The summed E-state index contributed by atoms with van der Waals surface area (Å²) in [6.07, 6.45) is 10.5. The summed E-state index contributed by atoms with van der Waals surface area (Å²) in [6.45, 7) is 19.9. The van der Waals surface area contributed by atoms with E-state index in [0.29, 0.717) is 3.63 Å². The number of hydrogen-bond acceptors (Lipinski definition) is 0. The minimum atomic E-state index is -2.78. The van der Waals surface area contributed by atoms with E-state index in [2.05, 4.69) is 205 Å². The molecule has 8 rings (SSSR count). The third kappa shape index (κ3) is 8.87. The fourth-order valence-corrected chi connectivity index (χ4v) is 21.7. The monoisotopic (exact) mass is 908 g/mol. The molecule has 0 N–H and O–H groups in total. The molecule has 0 heterocycles. The van der Waals surface area contributed by atoms with Crippen molar-refractivity contribution in [3.63, 3.8) is 0 Å². The first-order valence-electron chi connectivity index (χ1n) is 20.5. The summed E-state index contributed by atoms with van der Waals surface area (Å²) in [7, 11) is -3.54. The van der Waals surface area contributed by atoms with Crippen LogP contribution in [0.5, 0.6) is 0 Å². The number of halogens is 2. The van der Waals surface area contributed by atoms with E-state index in [1.165, 1.54) is 55.6 Å². The fraction of sp³-hybridized carbons (Fsp3) is 0.226. The van der Waals surface area contributed by atoms with Crippen LogP contribution in [-0.4, -0.2) is 19.4 Å². The topological polar surface area (TPSA) is 0 Å². The Balaban J connectivity index is 0.00000283. The van der Waals surface area contributed by atoms with Gasteiger partial charge in [0.15, 0.2) is 0 Å². The summed E-state index contributed by atoms with van der Waals surface area (Å²) in [6, 6.07) is 51.8. The van der Waals surface area contributed by atoms with Crippen LogP contribution >= 0.6 is 0 Å². The van der Waals surface area contributed by atoms with Crippen molar-refractivity contribution >= 4 is 29.7 Å². The molecule has 0 spiro atoms. The zero-order valence-corrected chi connectivity index (χ0v) is 41.4. The van der Waals surface area contributed by atoms with Gasteiger partial charge in [-0.1, -0.05) is 0 Å². The number of allylic oxidation sites excluding steroid dienone is 4. The van der Waals surface area contributed by atoms with Crippen molar-refractivity contribution in [3.05, 3.63) is 188 Å². The van der Waals surface area contributed by atoms with Gasteiger partial charge in [-0.25, -0.2) is 0 Å². The van der Waals surface area contributed by atoms with Gasteiger partial charge < -0.3 is 24.8 Å². The summed E-state index contributed by atoms with van der Waals surface area (Å²) in [5, 5.41) is 3.17. The molecular formula is C53H56Cl2Si2Zr. The summed E-state index contributed by atoms with van der Waals surface area (Å²) in [5.74, 6) is 0. The van der Waals surface area contributed by atoms with Crippen LogP contribution in [0.1, 0.15) is 43.4 Å². The molecule has 2 aliphatic rings. The summed E-state index contributed by atoms with van der Waals surface area (Å²) < 4.78 is 3.91. The molecule has 0 bridgehead atoms. The SMILES string of the molecule is Cc1ccccc1-c1cc2c(cc1[Si](C)(C)C)-c1cc([Si](C)(C)C)c(-c3ccccc3C)cc1[CH]2[Zr+2]([C]1=CC=CC1)=[C](Cc1ccccc1)Cc1ccccc1.[Cl-].[Cl-]. The second-order valence-electron chi connectivity index (χ2n) is 18.2. The summed E-state index contributed by atoms with van der Waals surface area (Å²) in [5.41, 5.74) is 17.5. The largest absolute Gasteiger partial charge is 1.00 e. The van der Waals surface area contributed by atoms with E-state index in [1.54, 1.807) is 28.0 Å². The molecule has 0 fully saturated rings. The molecule has 0 atom stereocenters. The van der Waals surface area contributed by atoms with E-state index in [-0.39, 0.29) is 24.8 Å². The Morgan fingerprint density at radius 3 is 1.31 bits per heavy atom. The minimum Gasteiger partial charge on any atom is -1.00 e. The molecule has 0 radical (unpaired) electrons. The van der Waals surface area contributed by atoms with Crippen molar-refractivity contribution in [1.82, 2.24) is 0 Å². The van der Waals surface area contributed by atoms with Gasteiger partial charge in [-0.15, -0.1) is 0 Å². The quantitative estimate of drug-likeness (QED) is 0.131. The number of rotatable bonds is 10. The molecule has 0 unspecified atom stereocenters. The molecule has 0 nitrogen and oxygen atoms in total. The van der Waals surface area contributed by atoms with Crippen LogP contribution in [0.4, 0.5) is 0 Å². The first kappa shape index (κ1) is 44.1. The molecule has 0 saturated carbocycles. The maximum Gasteiger partial charge on any atom is -1.00 e. The molecule has 294 valence electrons. The standard InChI is InChI=1S/C33H37Si2.C15H14.C5H5.2ClH.Zr/c1-22-13-9-11-15-26(22)30-18-24-17-25-19-31(27-16-12-10-14-23(27)2)33(35(6,7)8)21-29(25)28(24)20-32(30)34(3,4)5;1-3-8-14(9-4-1)12-7-13-15-10-5-2-6-11-15;1-2-4-5-3-1;;;/h9-21H,1-8H3;1-6,8-11H,12-13H2;1-3H,4H2;2*1H;/q;;;;;+2/p-2. The molecule has 5 heteroatoms. The van der Waals surface area contributed by atoms with E-state index >= 15 is 0 Å². The van der Waals surface area contributed by atoms with Crippen molar-refractivity contribution in [2.24, 2.45) is 0 Å². The average Bonchev–Trinajstić information content (AvgIpc) is 3.81. The van der Waals surface area contributed by atoms with Crippen LogP contribution in [-0.2, 0) is 34.1 Å². The molecule has 0 amide bonds. The van der Waals surface area contributed by atoms with Gasteiger partial charge >= 0.3 is 349 Å². The van der Waals surface area contributed by atoms with Gasteiger partial charge in [-0.3, -0.25) is 0 Å². The van der Waals surface area contributed by atoms with E-state index in [0.717, 1.165) is 19.3 Å². The Hall–Kier alpha value is -3.43. The second kappa shape index (κ2) is 18.0. The molecule has 58 heavy (non-hydrogen) atoms. The number of aryl methyl sites for hydroxylation is 2. The molecule has 6 aromatic carbocycles. The molecule has 0 aliphatic heterocycles. The summed E-state index contributed by atoms with van der Waals surface area (Å²) in [4.78, 5) is 0. The van der Waals surface area contributed by atoms with E-state index < -0.39 is 37.4 Å². The first-order valence-corrected chi connectivity index (χ1v) is 31.4. The van der Waals surface area contributed by atoms with Crippen LogP contribution in [0.2, 0.25) is 39.3 Å². The Morgan fingerprint density at radius 2 is 0.931 bits per heavy atom. The van der Waals surface area contributed by atoms with Crippen molar-refractivity contribution in [2.75, 3.05) is 0 Å². The van der Waals surface area contributed by atoms with Gasteiger partial charge in [0.05, 0.1) is 0 Å². The molecular weight excluding hydrogens is 855 g/mol. The van der Waals surface area contributed by atoms with Crippen molar-refractivity contribution in [2.45, 2.75) is 76.0 Å². The van der Waals surface area contributed by atoms with Crippen LogP contribution < -0.4 is 35.2 Å². The van der Waals surface area contributed by atoms with Crippen LogP contribution in [0.15, 0.2) is 155 Å². The second-order valence-corrected chi connectivity index (χ2v) is 35.0. The summed E-state index contributed by atoms with van der Waals surface area (Å²) >= 11 is -2.78.